The van der Waals surface area contributed by atoms with Crippen molar-refractivity contribution < 1.29 is 26.7 Å². The van der Waals surface area contributed by atoms with Crippen LogP contribution in [0.15, 0.2) is 10.5 Å². The topological polar surface area (TPSA) is 53.7 Å². The molecule has 1 saturated heterocycles. The third-order valence-corrected chi connectivity index (χ3v) is 3.59. The van der Waals surface area contributed by atoms with E-state index in [9.17, 15) is 9.90 Å². The molecule has 1 fully saturated rings. The molecule has 0 saturated carbocycles. The molecule has 0 aromatic carbocycles. The molecule has 0 amide bonds. The Labute approximate surface area is 126 Å². The van der Waals surface area contributed by atoms with Gasteiger partial charge in [0.05, 0.1) is 6.54 Å². The van der Waals surface area contributed by atoms with Gasteiger partial charge in [-0.15, -0.1) is 0 Å². The van der Waals surface area contributed by atoms with Crippen LogP contribution >= 0.6 is 0 Å². The monoisotopic (exact) mass is 300 g/mol. The average Bonchev–Trinajstić information content (AvgIpc) is 2.74. The molecule has 0 atom stereocenters. The number of hydrogen-bond donors (Lipinski definition) is 1. The molecule has 2 rings (SSSR count). The van der Waals surface area contributed by atoms with Crippen LogP contribution in [0.5, 0.6) is 0 Å². The van der Waals surface area contributed by atoms with Gasteiger partial charge in [0, 0.05) is 5.41 Å². The summed E-state index contributed by atoms with van der Waals surface area (Å²) in [5.74, 6) is 0.447. The first-order valence-corrected chi connectivity index (χ1v) is 6.97. The summed E-state index contributed by atoms with van der Waals surface area (Å²) < 4.78 is 5.82. The number of carboxylic acid groups (broad SMARTS) is 1. The van der Waals surface area contributed by atoms with Crippen LogP contribution in [0.4, 0.5) is 0 Å². The predicted molar refractivity (Wildman–Crippen MR) is 73.5 cm³/mol. The van der Waals surface area contributed by atoms with Crippen LogP contribution in [0.2, 0.25) is 0 Å². The average molecular weight is 301 g/mol. The summed E-state index contributed by atoms with van der Waals surface area (Å²) in [5.41, 5.74) is 0.153. The van der Waals surface area contributed by atoms with Gasteiger partial charge in [0.15, 0.2) is 0 Å². The lowest BCUT2D eigenvalue weighted by Gasteiger charge is -2.25. The van der Waals surface area contributed by atoms with Gasteiger partial charge >= 0.3 is 5.97 Å². The van der Waals surface area contributed by atoms with Crippen LogP contribution in [0.3, 0.4) is 0 Å². The Balaban J connectivity index is 0.00000200. The third-order valence-electron chi connectivity index (χ3n) is 3.59. The standard InChI is InChI=1S/C15H23NO3.ClH/c1-15(2,3)13-9-11(14(17)18)12(19-13)10-16-7-5-4-6-8-16;/h9H,4-8,10H2,1-3H3,(H,17,18);1H/p-1. The number of piperidine rings is 1. The fourth-order valence-corrected chi connectivity index (χ4v) is 2.42. The first-order valence-electron chi connectivity index (χ1n) is 6.97. The van der Waals surface area contributed by atoms with Crippen LogP contribution in [-0.4, -0.2) is 29.1 Å². The van der Waals surface area contributed by atoms with Crippen LogP contribution in [0.25, 0.3) is 0 Å². The molecule has 20 heavy (non-hydrogen) atoms. The summed E-state index contributed by atoms with van der Waals surface area (Å²) in [4.78, 5) is 13.6. The summed E-state index contributed by atoms with van der Waals surface area (Å²) in [7, 11) is 0. The number of carboxylic acids is 1. The van der Waals surface area contributed by atoms with Gasteiger partial charge in [-0.3, -0.25) is 4.90 Å². The minimum absolute atomic E-state index is 0. The van der Waals surface area contributed by atoms with Crippen molar-refractivity contribution in [2.75, 3.05) is 13.1 Å². The zero-order valence-electron chi connectivity index (χ0n) is 12.4. The lowest BCUT2D eigenvalue weighted by atomic mass is 9.93. The number of rotatable bonds is 3. The second kappa shape index (κ2) is 6.64. The van der Waals surface area contributed by atoms with E-state index < -0.39 is 5.97 Å². The Morgan fingerprint density at radius 1 is 1.30 bits per heavy atom. The lowest BCUT2D eigenvalue weighted by Crippen LogP contribution is -3.00. The molecule has 0 aliphatic carbocycles. The van der Waals surface area contributed by atoms with Crippen molar-refractivity contribution in [3.63, 3.8) is 0 Å². The van der Waals surface area contributed by atoms with Gasteiger partial charge in [0.1, 0.15) is 17.1 Å². The quantitative estimate of drug-likeness (QED) is 0.870. The van der Waals surface area contributed by atoms with E-state index in [0.29, 0.717) is 17.9 Å². The lowest BCUT2D eigenvalue weighted by molar-refractivity contribution is -0.0000209. The summed E-state index contributed by atoms with van der Waals surface area (Å²) in [6.45, 7) is 8.76. The van der Waals surface area contributed by atoms with Crippen LogP contribution < -0.4 is 12.4 Å². The zero-order chi connectivity index (χ0) is 14.0. The molecule has 5 heteroatoms. The predicted octanol–water partition coefficient (Wildman–Crippen LogP) is 0.265. The minimum Gasteiger partial charge on any atom is -1.00 e. The van der Waals surface area contributed by atoms with Crippen molar-refractivity contribution in [2.24, 2.45) is 0 Å². The molecule has 0 unspecified atom stereocenters. The number of hydrogen-bond acceptors (Lipinski definition) is 3. The van der Waals surface area contributed by atoms with Gasteiger partial charge in [-0.2, -0.15) is 0 Å². The highest BCUT2D eigenvalue weighted by Crippen LogP contribution is 2.28. The molecule has 1 aliphatic rings. The maximum Gasteiger partial charge on any atom is 0.339 e. The Bertz CT molecular complexity index is 456. The van der Waals surface area contributed by atoms with Crippen molar-refractivity contribution >= 4 is 5.97 Å². The highest BCUT2D eigenvalue weighted by Gasteiger charge is 2.25. The van der Waals surface area contributed by atoms with Gasteiger partial charge in [-0.1, -0.05) is 27.2 Å². The van der Waals surface area contributed by atoms with Gasteiger partial charge in [0.2, 0.25) is 0 Å². The van der Waals surface area contributed by atoms with E-state index in [4.69, 9.17) is 4.42 Å². The smallest absolute Gasteiger partial charge is 0.339 e. The van der Waals surface area contributed by atoms with Crippen LogP contribution in [0, 0.1) is 0 Å². The number of nitrogens with zero attached hydrogens (tertiary/aromatic N) is 1. The molecule has 0 radical (unpaired) electrons. The maximum atomic E-state index is 11.3. The van der Waals surface area contributed by atoms with Crippen LogP contribution in [-0.2, 0) is 12.0 Å². The Hall–Kier alpha value is -1.000. The Kier molecular flexibility index (Phi) is 5.66. The Morgan fingerprint density at radius 3 is 2.40 bits per heavy atom. The number of likely N-dealkylation sites (tertiary alicyclic amines) is 1. The maximum absolute atomic E-state index is 11.3. The molecule has 114 valence electrons. The second-order valence-electron chi connectivity index (χ2n) is 6.34. The summed E-state index contributed by atoms with van der Waals surface area (Å²) in [5, 5.41) is 9.30. The van der Waals surface area contributed by atoms with E-state index in [0.717, 1.165) is 18.8 Å². The number of carbonyl (C=O) groups is 1. The molecule has 1 aliphatic heterocycles. The zero-order valence-corrected chi connectivity index (χ0v) is 13.2. The van der Waals surface area contributed by atoms with E-state index in [1.165, 1.54) is 19.3 Å². The fraction of sp³-hybridized carbons (Fsp3) is 0.667. The summed E-state index contributed by atoms with van der Waals surface area (Å²) in [6.07, 6.45) is 3.65. The summed E-state index contributed by atoms with van der Waals surface area (Å²) >= 11 is 0. The summed E-state index contributed by atoms with van der Waals surface area (Å²) in [6, 6.07) is 1.68. The SMILES string of the molecule is CC(C)(C)c1cc(C(=O)O)c(CN2CCCCC2)o1.[Cl-]. The van der Waals surface area contributed by atoms with Gasteiger partial charge < -0.3 is 21.9 Å². The first-order chi connectivity index (χ1) is 8.88. The first kappa shape index (κ1) is 17.1. The molecular formula is C15H23ClNO3-. The molecule has 4 nitrogen and oxygen atoms in total. The number of furan rings is 1. The Morgan fingerprint density at radius 2 is 1.90 bits per heavy atom. The van der Waals surface area contributed by atoms with E-state index in [1.54, 1.807) is 6.07 Å². The highest BCUT2D eigenvalue weighted by atomic mass is 35.5. The van der Waals surface area contributed by atoms with Crippen molar-refractivity contribution in [1.82, 2.24) is 4.90 Å². The highest BCUT2D eigenvalue weighted by molar-refractivity contribution is 5.89. The third kappa shape index (κ3) is 4.00. The molecule has 0 bridgehead atoms. The van der Waals surface area contributed by atoms with Gasteiger partial charge in [0.25, 0.3) is 0 Å². The van der Waals surface area contributed by atoms with Crippen molar-refractivity contribution in [3.8, 4) is 0 Å². The van der Waals surface area contributed by atoms with Crippen molar-refractivity contribution in [3.05, 3.63) is 23.2 Å². The number of aromatic carboxylic acids is 1. The molecule has 1 aromatic heterocycles. The van der Waals surface area contributed by atoms with Gasteiger partial charge in [-0.25, -0.2) is 4.79 Å². The molecular weight excluding hydrogens is 278 g/mol. The second-order valence-corrected chi connectivity index (χ2v) is 6.34. The number of halogens is 1. The normalized spacial score (nSPS) is 16.8. The fourth-order valence-electron chi connectivity index (χ4n) is 2.42. The van der Waals surface area contributed by atoms with E-state index >= 15 is 0 Å². The minimum atomic E-state index is -0.897. The van der Waals surface area contributed by atoms with E-state index in [-0.39, 0.29) is 17.8 Å². The largest absolute Gasteiger partial charge is 1.00 e. The molecule has 2 heterocycles. The van der Waals surface area contributed by atoms with Crippen molar-refractivity contribution in [1.29, 1.82) is 0 Å². The van der Waals surface area contributed by atoms with Crippen molar-refractivity contribution in [2.45, 2.75) is 52.0 Å². The molecule has 1 aromatic rings. The van der Waals surface area contributed by atoms with E-state index in [2.05, 4.69) is 4.90 Å². The van der Waals surface area contributed by atoms with Gasteiger partial charge in [-0.05, 0) is 32.0 Å². The van der Waals surface area contributed by atoms with Crippen LogP contribution in [0.1, 0.15) is 61.9 Å². The molecule has 0 spiro atoms. The van der Waals surface area contributed by atoms with E-state index in [1.807, 2.05) is 20.8 Å². The molecule has 1 N–H and O–H groups in total.